The minimum absolute atomic E-state index is 0.0482. The molecule has 17 heteroatoms. The van der Waals surface area contributed by atoms with Crippen LogP contribution < -0.4 is 20.1 Å². The van der Waals surface area contributed by atoms with Gasteiger partial charge in [0.2, 0.25) is 0 Å². The molecule has 212 valence electrons. The lowest BCUT2D eigenvalue weighted by Crippen LogP contribution is -2.72. The monoisotopic (exact) mass is 599 g/mol. The van der Waals surface area contributed by atoms with E-state index in [1.54, 1.807) is 5.32 Å². The van der Waals surface area contributed by atoms with Gasteiger partial charge in [0.25, 0.3) is 12.3 Å². The molecular weight excluding hydrogens is 580 g/mol. The highest BCUT2D eigenvalue weighted by atomic mass is 35.5. The summed E-state index contributed by atoms with van der Waals surface area (Å²) in [5.41, 5.74) is -1.97. The Morgan fingerprint density at radius 1 is 1.23 bits per heavy atom. The van der Waals surface area contributed by atoms with Crippen molar-refractivity contribution in [1.29, 1.82) is 0 Å². The van der Waals surface area contributed by atoms with Gasteiger partial charge in [0.15, 0.2) is 11.4 Å². The summed E-state index contributed by atoms with van der Waals surface area (Å²) in [6.45, 7) is 0.412. The van der Waals surface area contributed by atoms with E-state index in [0.717, 1.165) is 35.0 Å². The molecule has 0 saturated carbocycles. The second kappa shape index (κ2) is 10.5. The first-order chi connectivity index (χ1) is 18.1. The summed E-state index contributed by atoms with van der Waals surface area (Å²) in [7, 11) is 1.46. The zero-order chi connectivity index (χ0) is 28.9. The van der Waals surface area contributed by atoms with Gasteiger partial charge in [-0.3, -0.25) is 14.4 Å². The molecule has 1 aromatic carbocycles. The second-order valence-electron chi connectivity index (χ2n) is 9.02. The van der Waals surface area contributed by atoms with Gasteiger partial charge >= 0.3 is 18.0 Å². The Balaban J connectivity index is 1.45. The van der Waals surface area contributed by atoms with Gasteiger partial charge in [0.1, 0.15) is 28.5 Å². The van der Waals surface area contributed by atoms with Crippen LogP contribution in [-0.2, 0) is 16.6 Å². The summed E-state index contributed by atoms with van der Waals surface area (Å²) in [4.78, 5) is 38.6. The number of benzene rings is 1. The standard InChI is InChI=1S/C22H20ClF6N5O4S/c1-9(22(27,28)29)30-19(36)20(37)34-6-21(7-34)8-38-14-13(33(2)16(23)15(14)39-32-21)18(35)31-10-3-4-12(24)11(5-10)17(25)26/h3-5,9,17,32H,6-8H2,1-2H3,(H,30,36)(H,31,35)/t9-/m1/s1. The van der Waals surface area contributed by atoms with Crippen molar-refractivity contribution in [1.82, 2.24) is 19.5 Å². The maximum absolute atomic E-state index is 13.6. The summed E-state index contributed by atoms with van der Waals surface area (Å²) in [6.07, 6.45) is -7.81. The van der Waals surface area contributed by atoms with Crippen molar-refractivity contribution < 1.29 is 45.5 Å². The van der Waals surface area contributed by atoms with Crippen molar-refractivity contribution >= 4 is 47.0 Å². The van der Waals surface area contributed by atoms with Crippen molar-refractivity contribution in [3.63, 3.8) is 0 Å². The Kier molecular flexibility index (Phi) is 7.75. The molecule has 1 fully saturated rings. The third-order valence-corrected chi connectivity index (χ3v) is 7.78. The highest BCUT2D eigenvalue weighted by Gasteiger charge is 2.50. The van der Waals surface area contributed by atoms with Crippen LogP contribution in [0.2, 0.25) is 5.15 Å². The Bertz CT molecular complexity index is 1330. The molecule has 1 aromatic heterocycles. The van der Waals surface area contributed by atoms with Gasteiger partial charge in [-0.25, -0.2) is 17.9 Å². The number of hydrogen-bond acceptors (Lipinski definition) is 6. The topological polar surface area (TPSA) is 105 Å². The van der Waals surface area contributed by atoms with Crippen LogP contribution in [0, 0.1) is 5.82 Å². The molecule has 0 aliphatic carbocycles. The predicted octanol–water partition coefficient (Wildman–Crippen LogP) is 3.64. The van der Waals surface area contributed by atoms with Gasteiger partial charge in [-0.1, -0.05) is 11.6 Å². The number of rotatable bonds is 4. The molecule has 0 bridgehead atoms. The van der Waals surface area contributed by atoms with Crippen LogP contribution in [0.4, 0.5) is 32.0 Å². The zero-order valence-electron chi connectivity index (χ0n) is 20.1. The van der Waals surface area contributed by atoms with E-state index in [2.05, 4.69) is 10.0 Å². The minimum atomic E-state index is -4.71. The van der Waals surface area contributed by atoms with Gasteiger partial charge in [-0.05, 0) is 37.1 Å². The Labute approximate surface area is 226 Å². The number of likely N-dealkylation sites (tertiary alicyclic amines) is 1. The molecule has 2 aliphatic rings. The first-order valence-electron chi connectivity index (χ1n) is 11.1. The van der Waals surface area contributed by atoms with Crippen LogP contribution in [0.1, 0.15) is 29.4 Å². The van der Waals surface area contributed by atoms with Crippen LogP contribution in [0.5, 0.6) is 5.75 Å². The van der Waals surface area contributed by atoms with E-state index in [9.17, 15) is 40.7 Å². The van der Waals surface area contributed by atoms with E-state index in [4.69, 9.17) is 16.3 Å². The van der Waals surface area contributed by atoms with Crippen LogP contribution in [0.3, 0.4) is 0 Å². The Morgan fingerprint density at radius 3 is 2.51 bits per heavy atom. The largest absolute Gasteiger partial charge is 0.488 e. The number of anilines is 1. The van der Waals surface area contributed by atoms with Gasteiger partial charge in [0.05, 0.1) is 11.1 Å². The molecule has 3 N–H and O–H groups in total. The molecule has 1 atom stereocenters. The molecule has 1 spiro atoms. The Morgan fingerprint density at radius 2 is 1.90 bits per heavy atom. The van der Waals surface area contributed by atoms with Crippen LogP contribution in [-0.4, -0.2) is 64.6 Å². The summed E-state index contributed by atoms with van der Waals surface area (Å²) >= 11 is 7.36. The summed E-state index contributed by atoms with van der Waals surface area (Å²) in [6, 6.07) is 0.500. The van der Waals surface area contributed by atoms with Crippen molar-refractivity contribution in [3.05, 3.63) is 40.4 Å². The van der Waals surface area contributed by atoms with Crippen molar-refractivity contribution in [2.24, 2.45) is 7.05 Å². The smallest absolute Gasteiger partial charge is 0.408 e. The molecule has 9 nitrogen and oxygen atoms in total. The quantitative estimate of drug-likeness (QED) is 0.282. The van der Waals surface area contributed by atoms with Crippen LogP contribution in [0.25, 0.3) is 0 Å². The van der Waals surface area contributed by atoms with Crippen molar-refractivity contribution in [3.8, 4) is 5.75 Å². The fourth-order valence-corrected chi connectivity index (χ4v) is 5.19. The summed E-state index contributed by atoms with van der Waals surface area (Å²) < 4.78 is 88.0. The lowest BCUT2D eigenvalue weighted by molar-refractivity contribution is -0.164. The summed E-state index contributed by atoms with van der Waals surface area (Å²) in [5, 5.41) is 4.11. The van der Waals surface area contributed by atoms with Crippen LogP contribution in [0.15, 0.2) is 23.1 Å². The first kappa shape index (κ1) is 28.9. The molecular formula is C22H20ClF6N5O4S. The third kappa shape index (κ3) is 5.63. The fraction of sp³-hybridized carbons (Fsp3) is 0.409. The predicted molar refractivity (Wildman–Crippen MR) is 127 cm³/mol. The normalized spacial score (nSPS) is 17.1. The molecule has 3 amide bonds. The molecule has 0 radical (unpaired) electrons. The third-order valence-electron chi connectivity index (χ3n) is 6.11. The lowest BCUT2D eigenvalue weighted by atomic mass is 9.92. The number of nitrogens with zero attached hydrogens (tertiary/aromatic N) is 2. The number of carbonyl (C=O) groups excluding carboxylic acids is 3. The molecule has 39 heavy (non-hydrogen) atoms. The fourth-order valence-electron chi connectivity index (χ4n) is 3.93. The Hall–Kier alpha value is -3.11. The summed E-state index contributed by atoms with van der Waals surface area (Å²) in [5.74, 6) is -4.42. The number of alkyl halides is 5. The molecule has 1 saturated heterocycles. The number of amides is 3. The van der Waals surface area contributed by atoms with E-state index in [-0.39, 0.29) is 42.0 Å². The van der Waals surface area contributed by atoms with E-state index in [0.29, 0.717) is 11.8 Å². The maximum Gasteiger partial charge on any atom is 0.408 e. The number of fused-ring (bicyclic) bond motifs is 1. The molecule has 3 heterocycles. The minimum Gasteiger partial charge on any atom is -0.488 e. The van der Waals surface area contributed by atoms with Crippen molar-refractivity contribution in [2.75, 3.05) is 25.0 Å². The number of carbonyl (C=O) groups is 3. The van der Waals surface area contributed by atoms with Gasteiger partial charge < -0.3 is 24.8 Å². The molecule has 2 aliphatic heterocycles. The highest BCUT2D eigenvalue weighted by Crippen LogP contribution is 2.44. The van der Waals surface area contributed by atoms with Crippen LogP contribution >= 0.6 is 23.5 Å². The number of nitrogens with one attached hydrogen (secondary N) is 3. The van der Waals surface area contributed by atoms with E-state index < -0.39 is 53.3 Å². The number of ether oxygens (including phenoxy) is 1. The van der Waals surface area contributed by atoms with Gasteiger partial charge in [-0.2, -0.15) is 13.2 Å². The van der Waals surface area contributed by atoms with E-state index in [1.807, 2.05) is 0 Å². The average Bonchev–Trinajstić information content (AvgIpc) is 2.95. The number of hydrogen-bond donors (Lipinski definition) is 3. The lowest BCUT2D eigenvalue weighted by Gasteiger charge is -2.48. The second-order valence-corrected chi connectivity index (χ2v) is 10.2. The van der Waals surface area contributed by atoms with E-state index in [1.165, 1.54) is 11.6 Å². The molecule has 4 rings (SSSR count). The number of halogens is 7. The maximum atomic E-state index is 13.6. The molecule has 0 unspecified atom stereocenters. The van der Waals surface area contributed by atoms with E-state index >= 15 is 0 Å². The van der Waals surface area contributed by atoms with Gasteiger partial charge in [-0.15, -0.1) is 0 Å². The highest BCUT2D eigenvalue weighted by molar-refractivity contribution is 7.97. The van der Waals surface area contributed by atoms with Crippen molar-refractivity contribution in [2.45, 2.75) is 36.0 Å². The SMILES string of the molecule is C[C@@H](NC(=O)C(=O)N1CC2(COc3c(c(Cl)n(C)c3C(=O)Nc3ccc(F)c(C(F)F)c3)SN2)C1)C(F)(F)F. The zero-order valence-corrected chi connectivity index (χ0v) is 21.7. The molecule has 2 aromatic rings. The number of aromatic nitrogens is 1. The first-order valence-corrected chi connectivity index (χ1v) is 12.3. The van der Waals surface area contributed by atoms with Gasteiger partial charge in [0, 0.05) is 25.8 Å². The average molecular weight is 600 g/mol.